The SMILES string of the molecule is CCC1CCCC2(CC1)CC(=O)NC(=O)C2CC. The van der Waals surface area contributed by atoms with Gasteiger partial charge in [-0.3, -0.25) is 14.9 Å². The van der Waals surface area contributed by atoms with Crippen molar-refractivity contribution < 1.29 is 9.59 Å². The Morgan fingerprint density at radius 3 is 2.61 bits per heavy atom. The van der Waals surface area contributed by atoms with Gasteiger partial charge in [-0.25, -0.2) is 0 Å². The maximum Gasteiger partial charge on any atom is 0.230 e. The summed E-state index contributed by atoms with van der Waals surface area (Å²) < 4.78 is 0. The molecule has 1 aliphatic carbocycles. The third-order valence-corrected chi connectivity index (χ3v) is 5.15. The van der Waals surface area contributed by atoms with Crippen molar-refractivity contribution in [1.82, 2.24) is 5.32 Å². The average Bonchev–Trinajstić information content (AvgIpc) is 2.51. The number of hydrogen-bond donors (Lipinski definition) is 1. The predicted molar refractivity (Wildman–Crippen MR) is 70.8 cm³/mol. The third kappa shape index (κ3) is 2.45. The van der Waals surface area contributed by atoms with E-state index in [-0.39, 0.29) is 23.1 Å². The van der Waals surface area contributed by atoms with Crippen LogP contribution >= 0.6 is 0 Å². The van der Waals surface area contributed by atoms with Gasteiger partial charge in [-0.1, -0.05) is 33.1 Å². The lowest BCUT2D eigenvalue weighted by molar-refractivity contribution is -0.144. The van der Waals surface area contributed by atoms with Crippen molar-refractivity contribution in [3.8, 4) is 0 Å². The molecule has 1 spiro atoms. The van der Waals surface area contributed by atoms with Crippen LogP contribution in [0.4, 0.5) is 0 Å². The lowest BCUT2D eigenvalue weighted by Gasteiger charge is -2.42. The van der Waals surface area contributed by atoms with Gasteiger partial charge in [0, 0.05) is 12.3 Å². The molecule has 1 heterocycles. The number of carbonyl (C=O) groups excluding carboxylic acids is 2. The Kier molecular flexibility index (Phi) is 4.08. The van der Waals surface area contributed by atoms with Crippen LogP contribution in [0.2, 0.25) is 0 Å². The molecular formula is C15H25NO2. The second-order valence-electron chi connectivity index (χ2n) is 6.12. The summed E-state index contributed by atoms with van der Waals surface area (Å²) in [6.45, 7) is 4.32. The van der Waals surface area contributed by atoms with Crippen LogP contribution in [0.1, 0.15) is 65.2 Å². The number of amides is 2. The molecule has 2 fully saturated rings. The van der Waals surface area contributed by atoms with E-state index in [9.17, 15) is 9.59 Å². The zero-order valence-corrected chi connectivity index (χ0v) is 11.6. The van der Waals surface area contributed by atoms with Crippen LogP contribution in [-0.4, -0.2) is 11.8 Å². The number of piperidine rings is 1. The zero-order valence-electron chi connectivity index (χ0n) is 11.6. The molecule has 0 radical (unpaired) electrons. The van der Waals surface area contributed by atoms with Crippen molar-refractivity contribution in [3.05, 3.63) is 0 Å². The number of nitrogens with one attached hydrogen (secondary N) is 1. The summed E-state index contributed by atoms with van der Waals surface area (Å²) >= 11 is 0. The molecule has 0 aromatic heterocycles. The van der Waals surface area contributed by atoms with E-state index in [1.165, 1.54) is 25.7 Å². The number of rotatable bonds is 2. The molecule has 0 aromatic rings. The highest BCUT2D eigenvalue weighted by Crippen LogP contribution is 2.48. The van der Waals surface area contributed by atoms with Crippen LogP contribution in [0, 0.1) is 17.3 Å². The monoisotopic (exact) mass is 251 g/mol. The summed E-state index contributed by atoms with van der Waals surface area (Å²) in [5.41, 5.74) is -0.0297. The van der Waals surface area contributed by atoms with E-state index in [0.717, 1.165) is 25.2 Å². The topological polar surface area (TPSA) is 46.2 Å². The second kappa shape index (κ2) is 5.41. The van der Waals surface area contributed by atoms with E-state index in [1.54, 1.807) is 0 Å². The van der Waals surface area contributed by atoms with Crippen LogP contribution in [0.15, 0.2) is 0 Å². The van der Waals surface area contributed by atoms with E-state index >= 15 is 0 Å². The lowest BCUT2D eigenvalue weighted by Crippen LogP contribution is -2.51. The fraction of sp³-hybridized carbons (Fsp3) is 0.867. The largest absolute Gasteiger partial charge is 0.296 e. The minimum atomic E-state index is -0.0559. The fourth-order valence-electron chi connectivity index (χ4n) is 4.05. The predicted octanol–water partition coefficient (Wildman–Crippen LogP) is 3.04. The van der Waals surface area contributed by atoms with Gasteiger partial charge < -0.3 is 0 Å². The Hall–Kier alpha value is -0.860. The van der Waals surface area contributed by atoms with Gasteiger partial charge in [-0.2, -0.15) is 0 Å². The standard InChI is InChI=1S/C15H25NO2/c1-3-11-6-5-8-15(9-7-11)10-13(17)16-14(18)12(15)4-2/h11-12H,3-10H2,1-2H3,(H,16,17,18). The van der Waals surface area contributed by atoms with Gasteiger partial charge in [0.1, 0.15) is 0 Å². The first kappa shape index (κ1) is 13.6. The highest BCUT2D eigenvalue weighted by molar-refractivity contribution is 5.99. The summed E-state index contributed by atoms with van der Waals surface area (Å²) in [6, 6.07) is 0. The van der Waals surface area contributed by atoms with Crippen LogP contribution in [0.3, 0.4) is 0 Å². The Labute approximate surface area is 110 Å². The van der Waals surface area contributed by atoms with Crippen molar-refractivity contribution in [2.24, 2.45) is 17.3 Å². The van der Waals surface area contributed by atoms with E-state index in [4.69, 9.17) is 0 Å². The van der Waals surface area contributed by atoms with Crippen LogP contribution < -0.4 is 5.32 Å². The van der Waals surface area contributed by atoms with Gasteiger partial charge in [0.25, 0.3) is 0 Å². The normalized spacial score (nSPS) is 37.4. The maximum absolute atomic E-state index is 12.0. The minimum absolute atomic E-state index is 0.0244. The Bertz CT molecular complexity index is 339. The molecule has 3 atom stereocenters. The van der Waals surface area contributed by atoms with E-state index < -0.39 is 0 Å². The smallest absolute Gasteiger partial charge is 0.230 e. The van der Waals surface area contributed by atoms with Crippen molar-refractivity contribution >= 4 is 11.8 Å². The molecule has 2 aliphatic rings. The highest BCUT2D eigenvalue weighted by atomic mass is 16.2. The maximum atomic E-state index is 12.0. The van der Waals surface area contributed by atoms with Gasteiger partial charge >= 0.3 is 0 Å². The van der Waals surface area contributed by atoms with E-state index in [1.807, 2.05) is 0 Å². The minimum Gasteiger partial charge on any atom is -0.296 e. The molecule has 2 amide bonds. The Morgan fingerprint density at radius 2 is 1.94 bits per heavy atom. The molecule has 3 nitrogen and oxygen atoms in total. The van der Waals surface area contributed by atoms with E-state index in [2.05, 4.69) is 19.2 Å². The summed E-state index contributed by atoms with van der Waals surface area (Å²) in [7, 11) is 0. The Morgan fingerprint density at radius 1 is 1.17 bits per heavy atom. The van der Waals surface area contributed by atoms with Gasteiger partial charge in [0.2, 0.25) is 11.8 Å². The summed E-state index contributed by atoms with van der Waals surface area (Å²) in [6.07, 6.45) is 8.40. The van der Waals surface area contributed by atoms with Crippen molar-refractivity contribution in [2.75, 3.05) is 0 Å². The van der Waals surface area contributed by atoms with Gasteiger partial charge in [0.15, 0.2) is 0 Å². The molecule has 18 heavy (non-hydrogen) atoms. The van der Waals surface area contributed by atoms with Gasteiger partial charge in [-0.05, 0) is 37.0 Å². The summed E-state index contributed by atoms with van der Waals surface area (Å²) in [5.74, 6) is 0.760. The molecule has 2 rings (SSSR count). The van der Waals surface area contributed by atoms with Crippen molar-refractivity contribution in [3.63, 3.8) is 0 Å². The van der Waals surface area contributed by atoms with E-state index in [0.29, 0.717) is 6.42 Å². The van der Waals surface area contributed by atoms with Gasteiger partial charge in [0.05, 0.1) is 0 Å². The van der Waals surface area contributed by atoms with Crippen molar-refractivity contribution in [1.29, 1.82) is 0 Å². The lowest BCUT2D eigenvalue weighted by atomic mass is 9.64. The van der Waals surface area contributed by atoms with Crippen LogP contribution in [-0.2, 0) is 9.59 Å². The molecule has 3 heteroatoms. The molecule has 1 aliphatic heterocycles. The summed E-state index contributed by atoms with van der Waals surface area (Å²) in [5, 5.41) is 2.52. The second-order valence-corrected chi connectivity index (χ2v) is 6.12. The summed E-state index contributed by atoms with van der Waals surface area (Å²) in [4.78, 5) is 23.8. The van der Waals surface area contributed by atoms with Crippen LogP contribution in [0.25, 0.3) is 0 Å². The molecule has 3 unspecified atom stereocenters. The molecule has 0 aromatic carbocycles. The zero-order chi connectivity index (χ0) is 13.2. The molecule has 1 saturated carbocycles. The molecular weight excluding hydrogens is 226 g/mol. The highest BCUT2D eigenvalue weighted by Gasteiger charge is 2.47. The molecule has 1 saturated heterocycles. The van der Waals surface area contributed by atoms with Gasteiger partial charge in [-0.15, -0.1) is 0 Å². The first-order valence-electron chi connectivity index (χ1n) is 7.45. The number of imide groups is 1. The first-order valence-corrected chi connectivity index (χ1v) is 7.45. The molecule has 1 N–H and O–H groups in total. The van der Waals surface area contributed by atoms with Crippen LogP contribution in [0.5, 0.6) is 0 Å². The third-order valence-electron chi connectivity index (χ3n) is 5.15. The molecule has 0 bridgehead atoms. The first-order chi connectivity index (χ1) is 8.61. The van der Waals surface area contributed by atoms with Crippen molar-refractivity contribution in [2.45, 2.75) is 65.2 Å². The Balaban J connectivity index is 2.20. The number of carbonyl (C=O) groups is 2. The number of hydrogen-bond acceptors (Lipinski definition) is 2. The fourth-order valence-corrected chi connectivity index (χ4v) is 4.05. The quantitative estimate of drug-likeness (QED) is 0.767. The molecule has 102 valence electrons. The average molecular weight is 251 g/mol.